The Morgan fingerprint density at radius 1 is 1.24 bits per heavy atom. The number of thiocarbonyl (C=S) groups is 1. The fraction of sp³-hybridized carbons (Fsp3) is 0.167. The van der Waals surface area contributed by atoms with Crippen molar-refractivity contribution in [3.63, 3.8) is 0 Å². The van der Waals surface area contributed by atoms with Crippen molar-refractivity contribution in [2.75, 3.05) is 10.6 Å². The minimum Gasteiger partial charge on any atom is -0.363 e. The van der Waals surface area contributed by atoms with Gasteiger partial charge in [-0.15, -0.1) is 0 Å². The van der Waals surface area contributed by atoms with Crippen LogP contribution in [0.4, 0.5) is 11.5 Å². The van der Waals surface area contributed by atoms with Gasteiger partial charge in [0.1, 0.15) is 6.26 Å². The Bertz CT molecular complexity index is 479. The summed E-state index contributed by atoms with van der Waals surface area (Å²) in [5.74, 6) is 0.590. The summed E-state index contributed by atoms with van der Waals surface area (Å²) in [6.07, 6.45) is 2.52. The molecule has 17 heavy (non-hydrogen) atoms. The van der Waals surface area contributed by atoms with E-state index in [1.165, 1.54) is 11.8 Å². The van der Waals surface area contributed by atoms with Crippen LogP contribution in [0.25, 0.3) is 0 Å². The van der Waals surface area contributed by atoms with Crippen molar-refractivity contribution in [3.05, 3.63) is 42.2 Å². The molecule has 2 N–H and O–H groups in total. The molecule has 2 rings (SSSR count). The normalized spacial score (nSPS) is 9.94. The van der Waals surface area contributed by atoms with Crippen LogP contribution in [-0.2, 0) is 6.42 Å². The third-order valence-corrected chi connectivity index (χ3v) is 2.50. The van der Waals surface area contributed by atoms with Crippen molar-refractivity contribution < 1.29 is 4.52 Å². The number of nitrogens with zero attached hydrogens (tertiary/aromatic N) is 1. The standard InChI is InChI=1S/C12H13N3OS/c1-2-9-3-5-10(6-4-9)13-12(17)14-11-7-8-16-15-11/h3-8H,2H2,1H3,(H2,13,14,15,17). The summed E-state index contributed by atoms with van der Waals surface area (Å²) < 4.78 is 4.70. The van der Waals surface area contributed by atoms with Gasteiger partial charge >= 0.3 is 0 Å². The summed E-state index contributed by atoms with van der Waals surface area (Å²) >= 11 is 5.14. The number of hydrogen-bond donors (Lipinski definition) is 2. The largest absolute Gasteiger partial charge is 0.363 e. The van der Waals surface area contributed by atoms with Gasteiger partial charge in [-0.3, -0.25) is 0 Å². The number of hydrogen-bond acceptors (Lipinski definition) is 3. The van der Waals surface area contributed by atoms with Crippen LogP contribution in [0.2, 0.25) is 0 Å². The molecule has 1 aromatic carbocycles. The smallest absolute Gasteiger partial charge is 0.176 e. The van der Waals surface area contributed by atoms with Crippen LogP contribution in [0, 0.1) is 0 Å². The highest BCUT2D eigenvalue weighted by Crippen LogP contribution is 2.10. The number of anilines is 2. The van der Waals surface area contributed by atoms with E-state index in [1.807, 2.05) is 12.1 Å². The first-order chi connectivity index (χ1) is 8.28. The van der Waals surface area contributed by atoms with E-state index in [-0.39, 0.29) is 0 Å². The lowest BCUT2D eigenvalue weighted by Crippen LogP contribution is -2.19. The summed E-state index contributed by atoms with van der Waals surface area (Å²) in [4.78, 5) is 0. The van der Waals surface area contributed by atoms with Gasteiger partial charge in [-0.05, 0) is 36.3 Å². The van der Waals surface area contributed by atoms with E-state index in [0.717, 1.165) is 12.1 Å². The quantitative estimate of drug-likeness (QED) is 0.816. The van der Waals surface area contributed by atoms with Crippen molar-refractivity contribution in [3.8, 4) is 0 Å². The molecule has 0 radical (unpaired) electrons. The number of aryl methyl sites for hydroxylation is 1. The van der Waals surface area contributed by atoms with Gasteiger partial charge in [0.05, 0.1) is 0 Å². The summed E-state index contributed by atoms with van der Waals surface area (Å²) in [6.45, 7) is 2.12. The molecule has 0 saturated heterocycles. The summed E-state index contributed by atoms with van der Waals surface area (Å²) in [5, 5.41) is 10.2. The Labute approximate surface area is 105 Å². The molecule has 1 heterocycles. The third kappa shape index (κ3) is 3.29. The number of nitrogens with one attached hydrogen (secondary N) is 2. The minimum atomic E-state index is 0.489. The molecule has 0 fully saturated rings. The minimum absolute atomic E-state index is 0.489. The summed E-state index contributed by atoms with van der Waals surface area (Å²) in [6, 6.07) is 9.83. The number of rotatable bonds is 3. The third-order valence-electron chi connectivity index (χ3n) is 2.30. The van der Waals surface area contributed by atoms with Gasteiger partial charge in [0.25, 0.3) is 0 Å². The van der Waals surface area contributed by atoms with Crippen LogP contribution >= 0.6 is 12.2 Å². The van der Waals surface area contributed by atoms with E-state index in [0.29, 0.717) is 10.9 Å². The summed E-state index contributed by atoms with van der Waals surface area (Å²) in [5.41, 5.74) is 2.24. The van der Waals surface area contributed by atoms with Crippen LogP contribution in [0.15, 0.2) is 41.1 Å². The SMILES string of the molecule is CCc1ccc(NC(=S)Nc2ccon2)cc1. The maximum absolute atomic E-state index is 5.14. The molecule has 0 atom stereocenters. The molecule has 0 unspecified atom stereocenters. The number of benzene rings is 1. The molecule has 0 amide bonds. The zero-order chi connectivity index (χ0) is 12.1. The highest BCUT2D eigenvalue weighted by Gasteiger charge is 2.00. The van der Waals surface area contributed by atoms with E-state index < -0.39 is 0 Å². The van der Waals surface area contributed by atoms with Crippen molar-refractivity contribution in [1.29, 1.82) is 0 Å². The fourth-order valence-electron chi connectivity index (χ4n) is 1.38. The average Bonchev–Trinajstić information content (AvgIpc) is 2.82. The van der Waals surface area contributed by atoms with E-state index in [9.17, 15) is 0 Å². The highest BCUT2D eigenvalue weighted by molar-refractivity contribution is 7.80. The highest BCUT2D eigenvalue weighted by atomic mass is 32.1. The Morgan fingerprint density at radius 2 is 2.00 bits per heavy atom. The lowest BCUT2D eigenvalue weighted by molar-refractivity contribution is 0.423. The maximum atomic E-state index is 5.14. The molecular weight excluding hydrogens is 234 g/mol. The molecule has 88 valence electrons. The van der Waals surface area contributed by atoms with E-state index in [2.05, 4.69) is 34.8 Å². The first-order valence-corrected chi connectivity index (χ1v) is 5.76. The van der Waals surface area contributed by atoms with E-state index >= 15 is 0 Å². The zero-order valence-corrected chi connectivity index (χ0v) is 10.3. The van der Waals surface area contributed by atoms with Gasteiger partial charge in [-0.25, -0.2) is 0 Å². The van der Waals surface area contributed by atoms with Gasteiger partial charge in [0.2, 0.25) is 0 Å². The van der Waals surface area contributed by atoms with E-state index in [4.69, 9.17) is 16.7 Å². The van der Waals surface area contributed by atoms with Gasteiger partial charge in [-0.1, -0.05) is 24.2 Å². The molecule has 0 aliphatic carbocycles. The van der Waals surface area contributed by atoms with Gasteiger partial charge < -0.3 is 15.2 Å². The van der Waals surface area contributed by atoms with Gasteiger partial charge in [0.15, 0.2) is 10.9 Å². The molecule has 0 bridgehead atoms. The van der Waals surface area contributed by atoms with E-state index in [1.54, 1.807) is 6.07 Å². The van der Waals surface area contributed by atoms with Gasteiger partial charge in [0, 0.05) is 11.8 Å². The molecule has 0 saturated carbocycles. The van der Waals surface area contributed by atoms with Crippen molar-refractivity contribution in [2.45, 2.75) is 13.3 Å². The first kappa shape index (κ1) is 11.6. The fourth-order valence-corrected chi connectivity index (χ4v) is 1.60. The average molecular weight is 247 g/mol. The van der Waals surface area contributed by atoms with Gasteiger partial charge in [-0.2, -0.15) is 0 Å². The van der Waals surface area contributed by atoms with Crippen LogP contribution in [-0.4, -0.2) is 10.3 Å². The van der Waals surface area contributed by atoms with Crippen molar-refractivity contribution in [2.24, 2.45) is 0 Å². The van der Waals surface area contributed by atoms with Crippen LogP contribution < -0.4 is 10.6 Å². The van der Waals surface area contributed by atoms with Crippen molar-refractivity contribution >= 4 is 28.8 Å². The Morgan fingerprint density at radius 3 is 2.59 bits per heavy atom. The lowest BCUT2D eigenvalue weighted by atomic mass is 10.1. The second-order valence-electron chi connectivity index (χ2n) is 3.51. The molecule has 1 aromatic heterocycles. The molecule has 0 aliphatic heterocycles. The predicted molar refractivity (Wildman–Crippen MR) is 72.2 cm³/mol. The van der Waals surface area contributed by atoms with Crippen molar-refractivity contribution in [1.82, 2.24) is 5.16 Å². The Kier molecular flexibility index (Phi) is 3.72. The van der Waals surface area contributed by atoms with Crippen LogP contribution in [0.1, 0.15) is 12.5 Å². The Balaban J connectivity index is 1.93. The monoisotopic (exact) mass is 247 g/mol. The maximum Gasteiger partial charge on any atom is 0.176 e. The molecule has 5 heteroatoms. The molecule has 0 aliphatic rings. The molecular formula is C12H13N3OS. The second kappa shape index (κ2) is 5.45. The predicted octanol–water partition coefficient (Wildman–Crippen LogP) is 3.05. The molecule has 2 aromatic rings. The first-order valence-electron chi connectivity index (χ1n) is 5.35. The Hall–Kier alpha value is -1.88. The number of aromatic nitrogens is 1. The van der Waals surface area contributed by atoms with Crippen LogP contribution in [0.5, 0.6) is 0 Å². The topological polar surface area (TPSA) is 50.1 Å². The molecule has 4 nitrogen and oxygen atoms in total. The molecule has 0 spiro atoms. The van der Waals surface area contributed by atoms with Crippen LogP contribution in [0.3, 0.4) is 0 Å². The summed E-state index contributed by atoms with van der Waals surface area (Å²) in [7, 11) is 0. The zero-order valence-electron chi connectivity index (χ0n) is 9.43. The lowest BCUT2D eigenvalue weighted by Gasteiger charge is -2.08. The second-order valence-corrected chi connectivity index (χ2v) is 3.92.